The molecule has 0 saturated heterocycles. The van der Waals surface area contributed by atoms with E-state index in [1.165, 1.54) is 29.2 Å². The van der Waals surface area contributed by atoms with E-state index >= 15 is 0 Å². The van der Waals surface area contributed by atoms with E-state index in [1.807, 2.05) is 0 Å². The van der Waals surface area contributed by atoms with Gasteiger partial charge in [0.05, 0.1) is 0 Å². The van der Waals surface area contributed by atoms with Crippen molar-refractivity contribution in [2.75, 3.05) is 0 Å². The minimum atomic E-state index is -0.142. The molecule has 0 spiro atoms. The minimum absolute atomic E-state index is 0.142. The zero-order valence-electron chi connectivity index (χ0n) is 11.9. The van der Waals surface area contributed by atoms with Crippen molar-refractivity contribution in [3.8, 4) is 0 Å². The van der Waals surface area contributed by atoms with E-state index in [0.717, 1.165) is 12.3 Å². The fourth-order valence-corrected chi connectivity index (χ4v) is 3.57. The second kappa shape index (κ2) is 4.64. The van der Waals surface area contributed by atoms with Crippen LogP contribution in [0.5, 0.6) is 0 Å². The van der Waals surface area contributed by atoms with Gasteiger partial charge < -0.3 is 5.73 Å². The molecule has 0 amide bonds. The van der Waals surface area contributed by atoms with Crippen molar-refractivity contribution in [3.63, 3.8) is 0 Å². The topological polar surface area (TPSA) is 26.0 Å². The maximum absolute atomic E-state index is 6.78. The Morgan fingerprint density at radius 1 is 1.05 bits per heavy atom. The van der Waals surface area contributed by atoms with Crippen LogP contribution in [0.1, 0.15) is 38.7 Å². The summed E-state index contributed by atoms with van der Waals surface area (Å²) in [5, 5.41) is 2.60. The highest BCUT2D eigenvalue weighted by Crippen LogP contribution is 2.42. The van der Waals surface area contributed by atoms with Crippen molar-refractivity contribution in [2.24, 2.45) is 17.6 Å². The summed E-state index contributed by atoms with van der Waals surface area (Å²) in [6.07, 6.45) is 3.59. The first-order valence-corrected chi connectivity index (χ1v) is 7.38. The predicted octanol–water partition coefficient (Wildman–Crippen LogP) is 4.45. The Labute approximate surface area is 115 Å². The summed E-state index contributed by atoms with van der Waals surface area (Å²) in [6, 6.07) is 15.3. The Bertz CT molecular complexity index is 589. The molecule has 2 aromatic rings. The summed E-state index contributed by atoms with van der Waals surface area (Å²) in [5.74, 6) is 1.37. The second-order valence-electron chi connectivity index (χ2n) is 6.38. The van der Waals surface area contributed by atoms with Gasteiger partial charge >= 0.3 is 0 Å². The van der Waals surface area contributed by atoms with Gasteiger partial charge in [-0.25, -0.2) is 0 Å². The molecule has 2 aromatic carbocycles. The van der Waals surface area contributed by atoms with Crippen LogP contribution in [0.2, 0.25) is 0 Å². The Balaban J connectivity index is 2.03. The van der Waals surface area contributed by atoms with Gasteiger partial charge in [-0.3, -0.25) is 0 Å². The van der Waals surface area contributed by atoms with Crippen molar-refractivity contribution < 1.29 is 0 Å². The number of fused-ring (bicyclic) bond motifs is 1. The Hall–Kier alpha value is -1.34. The minimum Gasteiger partial charge on any atom is -0.321 e. The normalized spacial score (nSPS) is 31.5. The molecule has 3 unspecified atom stereocenters. The number of hydrogen-bond donors (Lipinski definition) is 1. The molecular weight excluding hydrogens is 230 g/mol. The van der Waals surface area contributed by atoms with E-state index in [1.54, 1.807) is 0 Å². The van der Waals surface area contributed by atoms with E-state index in [2.05, 4.69) is 56.3 Å². The highest BCUT2D eigenvalue weighted by molar-refractivity contribution is 5.83. The first-order chi connectivity index (χ1) is 9.09. The summed E-state index contributed by atoms with van der Waals surface area (Å²) >= 11 is 0. The molecule has 100 valence electrons. The summed E-state index contributed by atoms with van der Waals surface area (Å²) in [4.78, 5) is 0. The van der Waals surface area contributed by atoms with Gasteiger partial charge in [-0.2, -0.15) is 0 Å². The van der Waals surface area contributed by atoms with E-state index < -0.39 is 0 Å². The number of benzene rings is 2. The predicted molar refractivity (Wildman–Crippen MR) is 82.0 cm³/mol. The van der Waals surface area contributed by atoms with E-state index in [-0.39, 0.29) is 5.54 Å². The molecular formula is C18H23N. The van der Waals surface area contributed by atoms with Crippen molar-refractivity contribution >= 4 is 10.8 Å². The first kappa shape index (κ1) is 12.7. The fraction of sp³-hybridized carbons (Fsp3) is 0.444. The summed E-state index contributed by atoms with van der Waals surface area (Å²) in [6.45, 7) is 4.65. The largest absolute Gasteiger partial charge is 0.321 e. The van der Waals surface area contributed by atoms with Crippen LogP contribution in [0.25, 0.3) is 10.8 Å². The lowest BCUT2D eigenvalue weighted by Crippen LogP contribution is -2.46. The monoisotopic (exact) mass is 253 g/mol. The van der Waals surface area contributed by atoms with Gasteiger partial charge in [0.1, 0.15) is 0 Å². The molecule has 1 fully saturated rings. The highest BCUT2D eigenvalue weighted by Gasteiger charge is 2.38. The molecule has 0 radical (unpaired) electrons. The molecule has 0 bridgehead atoms. The molecule has 2 N–H and O–H groups in total. The smallest absolute Gasteiger partial charge is 0.0435 e. The van der Waals surface area contributed by atoms with Crippen LogP contribution in [-0.4, -0.2) is 0 Å². The molecule has 1 nitrogen and oxygen atoms in total. The average Bonchev–Trinajstić information content (AvgIpc) is 2.43. The molecule has 3 atom stereocenters. The fourth-order valence-electron chi connectivity index (χ4n) is 3.57. The van der Waals surface area contributed by atoms with Gasteiger partial charge in [0, 0.05) is 5.54 Å². The zero-order valence-corrected chi connectivity index (χ0v) is 11.9. The van der Waals surface area contributed by atoms with Gasteiger partial charge in [0.15, 0.2) is 0 Å². The van der Waals surface area contributed by atoms with Gasteiger partial charge in [0.25, 0.3) is 0 Å². The third-order valence-corrected chi connectivity index (χ3v) is 4.97. The molecule has 1 aliphatic rings. The maximum Gasteiger partial charge on any atom is 0.0435 e. The number of rotatable bonds is 1. The molecule has 1 aliphatic carbocycles. The van der Waals surface area contributed by atoms with Gasteiger partial charge in [-0.1, -0.05) is 50.2 Å². The van der Waals surface area contributed by atoms with Crippen molar-refractivity contribution in [2.45, 2.75) is 38.6 Å². The lowest BCUT2D eigenvalue weighted by molar-refractivity contribution is 0.165. The zero-order chi connectivity index (χ0) is 13.5. The van der Waals surface area contributed by atoms with E-state index in [0.29, 0.717) is 5.92 Å². The Morgan fingerprint density at radius 2 is 1.79 bits per heavy atom. The lowest BCUT2D eigenvalue weighted by Gasteiger charge is -2.42. The summed E-state index contributed by atoms with van der Waals surface area (Å²) in [7, 11) is 0. The molecule has 3 rings (SSSR count). The van der Waals surface area contributed by atoms with Gasteiger partial charge in [0.2, 0.25) is 0 Å². The standard InChI is InChI=1S/C18H23N/c1-13-9-10-18(19,14(2)11-13)17-8-7-15-5-3-4-6-16(15)12-17/h3-8,12-14H,9-11,19H2,1-2H3. The number of nitrogens with two attached hydrogens (primary N) is 1. The van der Waals surface area contributed by atoms with Crippen molar-refractivity contribution in [1.29, 1.82) is 0 Å². The SMILES string of the molecule is CC1CCC(N)(c2ccc3ccccc3c2)C(C)C1. The number of hydrogen-bond acceptors (Lipinski definition) is 1. The van der Waals surface area contributed by atoms with Crippen LogP contribution >= 0.6 is 0 Å². The highest BCUT2D eigenvalue weighted by atomic mass is 14.8. The van der Waals surface area contributed by atoms with E-state index in [9.17, 15) is 0 Å². The quantitative estimate of drug-likeness (QED) is 0.798. The molecule has 0 aliphatic heterocycles. The average molecular weight is 253 g/mol. The van der Waals surface area contributed by atoms with Crippen LogP contribution < -0.4 is 5.73 Å². The molecule has 19 heavy (non-hydrogen) atoms. The third-order valence-electron chi connectivity index (χ3n) is 4.97. The summed E-state index contributed by atoms with van der Waals surface area (Å²) in [5.41, 5.74) is 7.95. The molecule has 0 aromatic heterocycles. The van der Waals surface area contributed by atoms with Crippen LogP contribution in [0.15, 0.2) is 42.5 Å². The maximum atomic E-state index is 6.78. The lowest BCUT2D eigenvalue weighted by atomic mass is 9.67. The van der Waals surface area contributed by atoms with Gasteiger partial charge in [-0.05, 0) is 53.5 Å². The molecule has 0 heterocycles. The van der Waals surface area contributed by atoms with Crippen molar-refractivity contribution in [1.82, 2.24) is 0 Å². The molecule has 1 heteroatoms. The van der Waals surface area contributed by atoms with Crippen LogP contribution in [0.4, 0.5) is 0 Å². The Morgan fingerprint density at radius 3 is 2.53 bits per heavy atom. The third kappa shape index (κ3) is 2.17. The molecule has 1 saturated carbocycles. The van der Waals surface area contributed by atoms with Crippen molar-refractivity contribution in [3.05, 3.63) is 48.0 Å². The van der Waals surface area contributed by atoms with Crippen LogP contribution in [-0.2, 0) is 5.54 Å². The van der Waals surface area contributed by atoms with Crippen LogP contribution in [0, 0.1) is 11.8 Å². The van der Waals surface area contributed by atoms with Crippen LogP contribution in [0.3, 0.4) is 0 Å². The summed E-state index contributed by atoms with van der Waals surface area (Å²) < 4.78 is 0. The first-order valence-electron chi connectivity index (χ1n) is 7.38. The second-order valence-corrected chi connectivity index (χ2v) is 6.38. The Kier molecular flexibility index (Phi) is 3.10. The van der Waals surface area contributed by atoms with Gasteiger partial charge in [-0.15, -0.1) is 0 Å². The van der Waals surface area contributed by atoms with E-state index in [4.69, 9.17) is 5.73 Å².